The van der Waals surface area contributed by atoms with Crippen LogP contribution >= 0.6 is 0 Å². The van der Waals surface area contributed by atoms with Crippen LogP contribution in [0.25, 0.3) is 27.9 Å². The molecule has 4 heterocycles. The summed E-state index contributed by atoms with van der Waals surface area (Å²) in [5, 5.41) is 15.3. The maximum absolute atomic E-state index is 14.5. The van der Waals surface area contributed by atoms with E-state index in [4.69, 9.17) is 0 Å². The summed E-state index contributed by atoms with van der Waals surface area (Å²) in [6.07, 6.45) is 5.95. The molecule has 4 aromatic rings. The van der Waals surface area contributed by atoms with Crippen LogP contribution in [0.3, 0.4) is 0 Å². The fraction of sp³-hybridized carbons (Fsp3) is 0.316. The number of carbonyl (C=O) groups is 1. The number of fused-ring (bicyclic) bond motifs is 3. The second kappa shape index (κ2) is 6.80. The number of hydrogen-bond donors (Lipinski definition) is 2. The number of carbonyl (C=O) groups excluding carboxylic acids is 1. The second-order valence-electron chi connectivity index (χ2n) is 7.13. The lowest BCUT2D eigenvalue weighted by atomic mass is 10.1. The average molecular weight is 394 g/mol. The van der Waals surface area contributed by atoms with Crippen LogP contribution in [0.15, 0.2) is 30.6 Å². The van der Waals surface area contributed by atoms with E-state index in [1.807, 2.05) is 7.05 Å². The molecule has 9 nitrogen and oxygen atoms in total. The standard InChI is InChI=1S/C19H19FN8O/c1-27-10-11(9-22-27)16-25-17-12-5-4-6-13(20)15(12)24-19(28(17)26-16)23-14-7-2-3-8-21-18(14)29/h4-6,9-10,14H,2-3,7-8H2,1H3,(H,21,29)(H,23,24)/t14-/m1/s1. The van der Waals surface area contributed by atoms with Crippen LogP contribution in [0.4, 0.5) is 10.3 Å². The Hall–Kier alpha value is -3.56. The molecular formula is C19H19FN8O. The zero-order valence-corrected chi connectivity index (χ0v) is 15.8. The third-order valence-corrected chi connectivity index (χ3v) is 5.05. The van der Waals surface area contributed by atoms with Crippen molar-refractivity contribution in [1.29, 1.82) is 0 Å². The van der Waals surface area contributed by atoms with E-state index in [9.17, 15) is 9.18 Å². The molecule has 1 aromatic carbocycles. The molecule has 1 amide bonds. The molecule has 1 atom stereocenters. The van der Waals surface area contributed by atoms with Gasteiger partial charge in [-0.15, -0.1) is 5.10 Å². The molecule has 0 unspecified atom stereocenters. The topological polar surface area (TPSA) is 102 Å². The van der Waals surface area contributed by atoms with Crippen LogP contribution in [0.1, 0.15) is 19.3 Å². The lowest BCUT2D eigenvalue weighted by Gasteiger charge is -2.16. The minimum absolute atomic E-state index is 0.0984. The Morgan fingerprint density at radius 2 is 2.17 bits per heavy atom. The summed E-state index contributed by atoms with van der Waals surface area (Å²) in [5.41, 5.74) is 1.38. The van der Waals surface area contributed by atoms with Crippen molar-refractivity contribution in [3.05, 3.63) is 36.4 Å². The van der Waals surface area contributed by atoms with Crippen LogP contribution < -0.4 is 10.6 Å². The van der Waals surface area contributed by atoms with Gasteiger partial charge in [-0.3, -0.25) is 9.48 Å². The fourth-order valence-electron chi connectivity index (χ4n) is 3.58. The minimum atomic E-state index is -0.469. The van der Waals surface area contributed by atoms with Crippen molar-refractivity contribution < 1.29 is 9.18 Å². The van der Waals surface area contributed by atoms with Crippen LogP contribution in [0, 0.1) is 5.82 Å². The minimum Gasteiger partial charge on any atom is -0.354 e. The predicted octanol–water partition coefficient (Wildman–Crippen LogP) is 1.90. The zero-order chi connectivity index (χ0) is 20.0. The van der Waals surface area contributed by atoms with Gasteiger partial charge >= 0.3 is 0 Å². The zero-order valence-electron chi connectivity index (χ0n) is 15.8. The molecule has 148 valence electrons. The molecule has 10 heteroatoms. The Bertz CT molecular complexity index is 1230. The van der Waals surface area contributed by atoms with Crippen molar-refractivity contribution in [3.8, 4) is 11.4 Å². The van der Waals surface area contributed by atoms with Gasteiger partial charge in [0.2, 0.25) is 11.9 Å². The molecular weight excluding hydrogens is 375 g/mol. The largest absolute Gasteiger partial charge is 0.354 e. The number of hydrogen-bond acceptors (Lipinski definition) is 6. The van der Waals surface area contributed by atoms with Crippen LogP contribution in [-0.4, -0.2) is 47.9 Å². The first-order valence-electron chi connectivity index (χ1n) is 9.48. The van der Waals surface area contributed by atoms with Gasteiger partial charge in [-0.25, -0.2) is 14.4 Å². The van der Waals surface area contributed by atoms with Crippen molar-refractivity contribution >= 4 is 28.4 Å². The van der Waals surface area contributed by atoms with Gasteiger partial charge < -0.3 is 10.6 Å². The van der Waals surface area contributed by atoms with Crippen LogP contribution in [0.2, 0.25) is 0 Å². The number of anilines is 1. The first kappa shape index (κ1) is 17.5. The first-order valence-corrected chi connectivity index (χ1v) is 9.48. The van der Waals surface area contributed by atoms with E-state index < -0.39 is 11.9 Å². The number of amides is 1. The monoisotopic (exact) mass is 394 g/mol. The Morgan fingerprint density at radius 1 is 1.28 bits per heavy atom. The summed E-state index contributed by atoms with van der Waals surface area (Å²) in [6, 6.07) is 4.25. The molecule has 0 radical (unpaired) electrons. The molecule has 1 saturated heterocycles. The van der Waals surface area contributed by atoms with Gasteiger partial charge in [0.1, 0.15) is 17.4 Å². The highest BCUT2D eigenvalue weighted by Crippen LogP contribution is 2.26. The molecule has 29 heavy (non-hydrogen) atoms. The van der Waals surface area contributed by atoms with E-state index in [2.05, 4.69) is 30.8 Å². The number of rotatable bonds is 3. The molecule has 1 aliphatic rings. The number of benzene rings is 1. The maximum Gasteiger partial charge on any atom is 0.242 e. The van der Waals surface area contributed by atoms with E-state index in [0.29, 0.717) is 29.8 Å². The Balaban J connectivity index is 1.69. The molecule has 3 aromatic heterocycles. The second-order valence-corrected chi connectivity index (χ2v) is 7.13. The van der Waals surface area contributed by atoms with Gasteiger partial charge in [0.15, 0.2) is 11.5 Å². The number of aromatic nitrogens is 6. The van der Waals surface area contributed by atoms with E-state index in [1.54, 1.807) is 29.2 Å². The summed E-state index contributed by atoms with van der Waals surface area (Å²) in [4.78, 5) is 21.4. The van der Waals surface area contributed by atoms with Gasteiger partial charge in [-0.05, 0) is 31.4 Å². The van der Waals surface area contributed by atoms with Gasteiger partial charge in [-0.1, -0.05) is 6.07 Å². The van der Waals surface area contributed by atoms with Crippen molar-refractivity contribution in [2.24, 2.45) is 7.05 Å². The van der Waals surface area contributed by atoms with Crippen molar-refractivity contribution in [2.75, 3.05) is 11.9 Å². The predicted molar refractivity (Wildman–Crippen MR) is 105 cm³/mol. The smallest absolute Gasteiger partial charge is 0.242 e. The number of halogens is 1. The Morgan fingerprint density at radius 3 is 3.00 bits per heavy atom. The lowest BCUT2D eigenvalue weighted by Crippen LogP contribution is -2.38. The average Bonchev–Trinajstić information content (AvgIpc) is 3.29. The molecule has 1 fully saturated rings. The number of nitrogens with one attached hydrogen (secondary N) is 2. The van der Waals surface area contributed by atoms with Crippen LogP contribution in [0.5, 0.6) is 0 Å². The van der Waals surface area contributed by atoms with Crippen molar-refractivity contribution in [1.82, 2.24) is 34.7 Å². The number of nitrogens with zero attached hydrogens (tertiary/aromatic N) is 6. The number of aryl methyl sites for hydroxylation is 1. The molecule has 2 N–H and O–H groups in total. The molecule has 0 bridgehead atoms. The van der Waals surface area contributed by atoms with Gasteiger partial charge in [-0.2, -0.15) is 9.61 Å². The quantitative estimate of drug-likeness (QED) is 0.550. The van der Waals surface area contributed by atoms with Crippen molar-refractivity contribution in [2.45, 2.75) is 25.3 Å². The SMILES string of the molecule is Cn1cc(-c2nc3c4cccc(F)c4nc(N[C@@H]4CCCCNC4=O)n3n2)cn1. The van der Waals surface area contributed by atoms with E-state index in [0.717, 1.165) is 18.4 Å². The van der Waals surface area contributed by atoms with E-state index in [-0.39, 0.29) is 17.4 Å². The third-order valence-electron chi connectivity index (χ3n) is 5.05. The first-order chi connectivity index (χ1) is 14.1. The third kappa shape index (κ3) is 3.06. The summed E-state index contributed by atoms with van der Waals surface area (Å²) in [6.45, 7) is 0.653. The summed E-state index contributed by atoms with van der Waals surface area (Å²) < 4.78 is 17.7. The Kier molecular flexibility index (Phi) is 4.11. The lowest BCUT2D eigenvalue weighted by molar-refractivity contribution is -0.121. The van der Waals surface area contributed by atoms with E-state index in [1.165, 1.54) is 10.6 Å². The molecule has 0 saturated carbocycles. The highest BCUT2D eigenvalue weighted by Gasteiger charge is 2.24. The summed E-state index contributed by atoms with van der Waals surface area (Å²) in [5.74, 6) is 0.176. The molecule has 1 aliphatic heterocycles. The highest BCUT2D eigenvalue weighted by molar-refractivity contribution is 5.93. The van der Waals surface area contributed by atoms with Crippen molar-refractivity contribution in [3.63, 3.8) is 0 Å². The van der Waals surface area contributed by atoms with Gasteiger partial charge in [0.25, 0.3) is 0 Å². The summed E-state index contributed by atoms with van der Waals surface area (Å²) >= 11 is 0. The number of para-hydroxylation sites is 1. The van der Waals surface area contributed by atoms with Gasteiger partial charge in [0, 0.05) is 25.2 Å². The Labute approximate surface area is 164 Å². The molecule has 5 rings (SSSR count). The molecule has 0 spiro atoms. The normalized spacial score (nSPS) is 17.4. The van der Waals surface area contributed by atoms with E-state index >= 15 is 0 Å². The summed E-state index contributed by atoms with van der Waals surface area (Å²) in [7, 11) is 1.81. The highest BCUT2D eigenvalue weighted by atomic mass is 19.1. The van der Waals surface area contributed by atoms with Crippen LogP contribution in [-0.2, 0) is 11.8 Å². The fourth-order valence-corrected chi connectivity index (χ4v) is 3.58. The molecule has 0 aliphatic carbocycles. The maximum atomic E-state index is 14.5. The van der Waals surface area contributed by atoms with Gasteiger partial charge in [0.05, 0.1) is 11.8 Å².